The molecule has 0 aromatic heterocycles. The van der Waals surface area contributed by atoms with Crippen LogP contribution in [0.2, 0.25) is 0 Å². The fourth-order valence-electron chi connectivity index (χ4n) is 2.38. The second kappa shape index (κ2) is 8.53. The van der Waals surface area contributed by atoms with Crippen LogP contribution in [-0.4, -0.2) is 48.2 Å². The molecule has 0 aliphatic heterocycles. The van der Waals surface area contributed by atoms with Gasteiger partial charge in [0.2, 0.25) is 0 Å². The van der Waals surface area contributed by atoms with Gasteiger partial charge in [-0.3, -0.25) is 9.69 Å². The van der Waals surface area contributed by atoms with E-state index in [1.165, 1.54) is 7.11 Å². The number of carboxylic acid groups (broad SMARTS) is 1. The first-order chi connectivity index (χ1) is 10.7. The molecule has 6 nitrogen and oxygen atoms in total. The SMILES string of the molecule is COC(=O)COc1c(C)cc(CN(CC(=O)O)C(C)C)cc1C. The van der Waals surface area contributed by atoms with Crippen LogP contribution in [0.5, 0.6) is 5.75 Å². The van der Waals surface area contributed by atoms with E-state index >= 15 is 0 Å². The molecule has 0 radical (unpaired) electrons. The number of aryl methyl sites for hydroxylation is 2. The molecule has 0 aliphatic carbocycles. The molecular weight excluding hydrogens is 298 g/mol. The predicted octanol–water partition coefficient (Wildman–Crippen LogP) is 2.15. The van der Waals surface area contributed by atoms with E-state index in [9.17, 15) is 9.59 Å². The molecule has 1 N–H and O–H groups in total. The Morgan fingerprint density at radius 2 is 1.78 bits per heavy atom. The molecule has 0 unspecified atom stereocenters. The van der Waals surface area contributed by atoms with Gasteiger partial charge in [0, 0.05) is 12.6 Å². The zero-order valence-corrected chi connectivity index (χ0v) is 14.4. The van der Waals surface area contributed by atoms with E-state index in [-0.39, 0.29) is 19.2 Å². The maximum atomic E-state index is 11.2. The number of hydrogen-bond donors (Lipinski definition) is 1. The Labute approximate surface area is 137 Å². The quantitative estimate of drug-likeness (QED) is 0.739. The summed E-state index contributed by atoms with van der Waals surface area (Å²) in [7, 11) is 1.32. The third-order valence-electron chi connectivity index (χ3n) is 3.54. The minimum Gasteiger partial charge on any atom is -0.481 e. The van der Waals surface area contributed by atoms with Crippen molar-refractivity contribution in [3.05, 3.63) is 28.8 Å². The molecule has 0 saturated carbocycles. The van der Waals surface area contributed by atoms with Gasteiger partial charge in [0.05, 0.1) is 13.7 Å². The van der Waals surface area contributed by atoms with Crippen LogP contribution in [0.4, 0.5) is 0 Å². The van der Waals surface area contributed by atoms with Crippen LogP contribution in [-0.2, 0) is 20.9 Å². The largest absolute Gasteiger partial charge is 0.481 e. The summed E-state index contributed by atoms with van der Waals surface area (Å²) in [6.07, 6.45) is 0. The van der Waals surface area contributed by atoms with E-state index in [0.717, 1.165) is 16.7 Å². The Hall–Kier alpha value is -2.08. The van der Waals surface area contributed by atoms with Crippen molar-refractivity contribution >= 4 is 11.9 Å². The number of carboxylic acids is 1. The highest BCUT2D eigenvalue weighted by Gasteiger charge is 2.16. The van der Waals surface area contributed by atoms with Crippen LogP contribution >= 0.6 is 0 Å². The third-order valence-corrected chi connectivity index (χ3v) is 3.54. The summed E-state index contributed by atoms with van der Waals surface area (Å²) < 4.78 is 10.1. The highest BCUT2D eigenvalue weighted by molar-refractivity contribution is 5.71. The van der Waals surface area contributed by atoms with Crippen molar-refractivity contribution in [2.24, 2.45) is 0 Å². The Morgan fingerprint density at radius 3 is 2.22 bits per heavy atom. The molecule has 0 saturated heterocycles. The number of hydrogen-bond acceptors (Lipinski definition) is 5. The summed E-state index contributed by atoms with van der Waals surface area (Å²) in [5.41, 5.74) is 2.83. The molecule has 0 spiro atoms. The average molecular weight is 323 g/mol. The van der Waals surface area contributed by atoms with E-state index in [1.54, 1.807) is 0 Å². The minimum absolute atomic E-state index is 0.00362. The summed E-state index contributed by atoms with van der Waals surface area (Å²) >= 11 is 0. The third kappa shape index (κ3) is 5.90. The van der Waals surface area contributed by atoms with Gasteiger partial charge >= 0.3 is 11.9 Å². The second-order valence-electron chi connectivity index (χ2n) is 5.82. The first-order valence-corrected chi connectivity index (χ1v) is 7.50. The van der Waals surface area contributed by atoms with E-state index in [1.807, 2.05) is 44.7 Å². The number of aliphatic carboxylic acids is 1. The van der Waals surface area contributed by atoms with Crippen molar-refractivity contribution in [2.45, 2.75) is 40.3 Å². The molecule has 1 aromatic carbocycles. The van der Waals surface area contributed by atoms with Gasteiger partial charge in [0.1, 0.15) is 5.75 Å². The van der Waals surface area contributed by atoms with E-state index in [0.29, 0.717) is 12.3 Å². The molecule has 1 aromatic rings. The van der Waals surface area contributed by atoms with Crippen LogP contribution < -0.4 is 4.74 Å². The van der Waals surface area contributed by atoms with Gasteiger partial charge < -0.3 is 14.6 Å². The summed E-state index contributed by atoms with van der Waals surface area (Å²) in [6, 6.07) is 4.04. The lowest BCUT2D eigenvalue weighted by Crippen LogP contribution is -2.35. The molecule has 0 atom stereocenters. The first-order valence-electron chi connectivity index (χ1n) is 7.50. The van der Waals surface area contributed by atoms with Crippen molar-refractivity contribution in [1.29, 1.82) is 0 Å². The van der Waals surface area contributed by atoms with Crippen molar-refractivity contribution in [2.75, 3.05) is 20.3 Å². The Kier molecular flexibility index (Phi) is 7.03. The summed E-state index contributed by atoms with van der Waals surface area (Å²) in [5, 5.41) is 9.00. The Morgan fingerprint density at radius 1 is 1.22 bits per heavy atom. The number of carbonyl (C=O) groups is 2. The zero-order chi connectivity index (χ0) is 17.6. The topological polar surface area (TPSA) is 76.1 Å². The van der Waals surface area contributed by atoms with Crippen molar-refractivity contribution < 1.29 is 24.2 Å². The van der Waals surface area contributed by atoms with E-state index in [2.05, 4.69) is 4.74 Å². The maximum Gasteiger partial charge on any atom is 0.343 e. The number of esters is 1. The van der Waals surface area contributed by atoms with Gasteiger partial charge in [-0.05, 0) is 44.4 Å². The molecule has 0 heterocycles. The highest BCUT2D eigenvalue weighted by atomic mass is 16.6. The van der Waals surface area contributed by atoms with Crippen LogP contribution in [0.1, 0.15) is 30.5 Å². The summed E-state index contributed by atoms with van der Waals surface area (Å²) in [6.45, 7) is 8.15. The Bertz CT molecular complexity index is 545. The Balaban J connectivity index is 2.90. The normalized spacial score (nSPS) is 10.9. The monoisotopic (exact) mass is 323 g/mol. The zero-order valence-electron chi connectivity index (χ0n) is 14.4. The van der Waals surface area contributed by atoms with Crippen molar-refractivity contribution in [3.8, 4) is 5.75 Å². The number of ether oxygens (including phenoxy) is 2. The standard InChI is InChI=1S/C17H25NO5/c1-11(2)18(9-15(19)20)8-14-6-12(3)17(13(4)7-14)23-10-16(21)22-5/h6-7,11H,8-10H2,1-5H3,(H,19,20). The van der Waals surface area contributed by atoms with Crippen LogP contribution in [0, 0.1) is 13.8 Å². The van der Waals surface area contributed by atoms with E-state index < -0.39 is 11.9 Å². The van der Waals surface area contributed by atoms with Crippen LogP contribution in [0.15, 0.2) is 12.1 Å². The molecule has 0 fully saturated rings. The molecule has 1 rings (SSSR count). The van der Waals surface area contributed by atoms with Gasteiger partial charge in [0.25, 0.3) is 0 Å². The molecule has 0 bridgehead atoms. The van der Waals surface area contributed by atoms with Crippen LogP contribution in [0.3, 0.4) is 0 Å². The molecule has 128 valence electrons. The lowest BCUT2D eigenvalue weighted by atomic mass is 10.0. The summed E-state index contributed by atoms with van der Waals surface area (Å²) in [5.74, 6) is -0.612. The smallest absolute Gasteiger partial charge is 0.343 e. The second-order valence-corrected chi connectivity index (χ2v) is 5.82. The number of methoxy groups -OCH3 is 1. The fourth-order valence-corrected chi connectivity index (χ4v) is 2.38. The van der Waals surface area contributed by atoms with Gasteiger partial charge in [-0.25, -0.2) is 4.79 Å². The first kappa shape index (κ1) is 19.0. The maximum absolute atomic E-state index is 11.2. The number of benzene rings is 1. The lowest BCUT2D eigenvalue weighted by Gasteiger charge is -2.25. The van der Waals surface area contributed by atoms with Gasteiger partial charge in [0.15, 0.2) is 6.61 Å². The molecule has 0 aliphatic rings. The van der Waals surface area contributed by atoms with Crippen molar-refractivity contribution in [3.63, 3.8) is 0 Å². The lowest BCUT2D eigenvalue weighted by molar-refractivity contribution is -0.143. The highest BCUT2D eigenvalue weighted by Crippen LogP contribution is 2.25. The van der Waals surface area contributed by atoms with Gasteiger partial charge in [-0.2, -0.15) is 0 Å². The van der Waals surface area contributed by atoms with Crippen molar-refractivity contribution in [1.82, 2.24) is 4.90 Å². The summed E-state index contributed by atoms with van der Waals surface area (Å²) in [4.78, 5) is 24.0. The van der Waals surface area contributed by atoms with Gasteiger partial charge in [-0.1, -0.05) is 12.1 Å². The molecule has 6 heteroatoms. The fraction of sp³-hybridized carbons (Fsp3) is 0.529. The number of carbonyl (C=O) groups excluding carboxylic acids is 1. The average Bonchev–Trinajstić information content (AvgIpc) is 2.44. The van der Waals surface area contributed by atoms with Crippen LogP contribution in [0.25, 0.3) is 0 Å². The van der Waals surface area contributed by atoms with Gasteiger partial charge in [-0.15, -0.1) is 0 Å². The predicted molar refractivity (Wildman–Crippen MR) is 86.6 cm³/mol. The number of rotatable bonds is 8. The molecule has 0 amide bonds. The molecular formula is C17H25NO5. The number of nitrogens with zero attached hydrogens (tertiary/aromatic N) is 1. The van der Waals surface area contributed by atoms with E-state index in [4.69, 9.17) is 9.84 Å². The minimum atomic E-state index is -0.842. The molecule has 23 heavy (non-hydrogen) atoms.